The van der Waals surface area contributed by atoms with Crippen LogP contribution in [0.2, 0.25) is 0 Å². The average molecular weight is 349 g/mol. The van der Waals surface area contributed by atoms with Crippen molar-refractivity contribution in [2.45, 2.75) is 32.8 Å². The maximum absolute atomic E-state index is 5.76. The fourth-order valence-corrected chi connectivity index (χ4v) is 2.90. The second-order valence-electron chi connectivity index (χ2n) is 5.90. The standard InChI is InChI=1S/C19H31N3O3/c1-4-20-19(22-12-9-16(10-13-22)24-5-2)21-11-14-25-18-8-6-7-17(15-18)23-3/h6-8,15-16H,4-5,9-14H2,1-3H3,(H,20,21). The summed E-state index contributed by atoms with van der Waals surface area (Å²) < 4.78 is 16.7. The zero-order valence-corrected chi connectivity index (χ0v) is 15.7. The maximum Gasteiger partial charge on any atom is 0.194 e. The first-order valence-corrected chi connectivity index (χ1v) is 9.18. The molecule has 1 saturated heterocycles. The van der Waals surface area contributed by atoms with Crippen molar-refractivity contribution < 1.29 is 14.2 Å². The highest BCUT2D eigenvalue weighted by molar-refractivity contribution is 5.80. The topological polar surface area (TPSA) is 55.3 Å². The van der Waals surface area contributed by atoms with E-state index in [1.807, 2.05) is 24.3 Å². The molecule has 0 radical (unpaired) electrons. The Morgan fingerprint density at radius 2 is 2.00 bits per heavy atom. The van der Waals surface area contributed by atoms with Crippen molar-refractivity contribution in [3.8, 4) is 11.5 Å². The van der Waals surface area contributed by atoms with E-state index in [2.05, 4.69) is 24.1 Å². The summed E-state index contributed by atoms with van der Waals surface area (Å²) in [7, 11) is 1.65. The molecule has 1 aromatic rings. The van der Waals surface area contributed by atoms with Crippen LogP contribution < -0.4 is 14.8 Å². The first kappa shape index (κ1) is 19.4. The highest BCUT2D eigenvalue weighted by Crippen LogP contribution is 2.18. The fourth-order valence-electron chi connectivity index (χ4n) is 2.90. The number of hydrogen-bond acceptors (Lipinski definition) is 4. The van der Waals surface area contributed by atoms with Gasteiger partial charge >= 0.3 is 0 Å². The first-order chi connectivity index (χ1) is 12.3. The summed E-state index contributed by atoms with van der Waals surface area (Å²) in [6.07, 6.45) is 2.50. The lowest BCUT2D eigenvalue weighted by molar-refractivity contribution is 0.0263. The maximum atomic E-state index is 5.76. The number of benzene rings is 1. The van der Waals surface area contributed by atoms with Crippen LogP contribution in [0, 0.1) is 0 Å². The number of piperidine rings is 1. The predicted molar refractivity (Wildman–Crippen MR) is 101 cm³/mol. The summed E-state index contributed by atoms with van der Waals surface area (Å²) in [6, 6.07) is 7.63. The molecule has 0 spiro atoms. The summed E-state index contributed by atoms with van der Waals surface area (Å²) in [6.45, 7) is 8.92. The van der Waals surface area contributed by atoms with E-state index >= 15 is 0 Å². The minimum absolute atomic E-state index is 0.389. The lowest BCUT2D eigenvalue weighted by Gasteiger charge is -2.34. The van der Waals surface area contributed by atoms with Crippen LogP contribution in [0.5, 0.6) is 11.5 Å². The molecular weight excluding hydrogens is 318 g/mol. The minimum Gasteiger partial charge on any atom is -0.497 e. The molecule has 6 nitrogen and oxygen atoms in total. The largest absolute Gasteiger partial charge is 0.497 e. The number of likely N-dealkylation sites (tertiary alicyclic amines) is 1. The Kier molecular flexibility index (Phi) is 8.39. The van der Waals surface area contributed by atoms with Gasteiger partial charge in [-0.05, 0) is 38.8 Å². The molecule has 140 valence electrons. The van der Waals surface area contributed by atoms with E-state index in [1.165, 1.54) is 0 Å². The van der Waals surface area contributed by atoms with Gasteiger partial charge in [0.25, 0.3) is 0 Å². The highest BCUT2D eigenvalue weighted by atomic mass is 16.5. The third kappa shape index (κ3) is 6.46. The van der Waals surface area contributed by atoms with E-state index in [-0.39, 0.29) is 0 Å². The Labute approximate surface area is 151 Å². The smallest absolute Gasteiger partial charge is 0.194 e. The molecule has 0 saturated carbocycles. The number of rotatable bonds is 8. The zero-order chi connectivity index (χ0) is 17.9. The molecule has 1 N–H and O–H groups in total. The molecule has 1 aromatic carbocycles. The second kappa shape index (κ2) is 10.8. The monoisotopic (exact) mass is 349 g/mol. The Morgan fingerprint density at radius 3 is 2.68 bits per heavy atom. The molecule has 0 bridgehead atoms. The molecule has 0 atom stereocenters. The number of nitrogens with one attached hydrogen (secondary N) is 1. The van der Waals surface area contributed by atoms with Crippen molar-refractivity contribution in [3.63, 3.8) is 0 Å². The van der Waals surface area contributed by atoms with Crippen LogP contribution >= 0.6 is 0 Å². The van der Waals surface area contributed by atoms with Crippen LogP contribution in [-0.4, -0.2) is 63.5 Å². The van der Waals surface area contributed by atoms with Gasteiger partial charge in [-0.15, -0.1) is 0 Å². The zero-order valence-electron chi connectivity index (χ0n) is 15.7. The van der Waals surface area contributed by atoms with Gasteiger partial charge in [0.2, 0.25) is 0 Å². The van der Waals surface area contributed by atoms with E-state index in [9.17, 15) is 0 Å². The lowest BCUT2D eigenvalue weighted by Crippen LogP contribution is -2.47. The Balaban J connectivity index is 1.81. The SMILES string of the molecule is CCNC(=NCCOc1cccc(OC)c1)N1CCC(OCC)CC1. The molecule has 25 heavy (non-hydrogen) atoms. The first-order valence-electron chi connectivity index (χ1n) is 9.18. The minimum atomic E-state index is 0.389. The number of ether oxygens (including phenoxy) is 3. The molecule has 6 heteroatoms. The summed E-state index contributed by atoms with van der Waals surface area (Å²) in [4.78, 5) is 7.01. The van der Waals surface area contributed by atoms with E-state index in [0.29, 0.717) is 19.3 Å². The molecule has 1 heterocycles. The van der Waals surface area contributed by atoms with Crippen LogP contribution in [0.3, 0.4) is 0 Å². The molecular formula is C19H31N3O3. The van der Waals surface area contributed by atoms with Crippen LogP contribution in [0.25, 0.3) is 0 Å². The van der Waals surface area contributed by atoms with Gasteiger partial charge in [0, 0.05) is 32.3 Å². The van der Waals surface area contributed by atoms with Gasteiger partial charge in [0.05, 0.1) is 19.8 Å². The molecule has 1 aliphatic rings. The Hall–Kier alpha value is -1.95. The van der Waals surface area contributed by atoms with E-state index < -0.39 is 0 Å². The molecule has 1 fully saturated rings. The Bertz CT molecular complexity index is 528. The van der Waals surface area contributed by atoms with E-state index in [1.54, 1.807) is 7.11 Å². The number of aliphatic imine (C=N–C) groups is 1. The Morgan fingerprint density at radius 1 is 1.24 bits per heavy atom. The van der Waals surface area contributed by atoms with Gasteiger partial charge in [-0.3, -0.25) is 0 Å². The fraction of sp³-hybridized carbons (Fsp3) is 0.632. The third-order valence-electron chi connectivity index (χ3n) is 4.14. The molecule has 1 aliphatic heterocycles. The second-order valence-corrected chi connectivity index (χ2v) is 5.90. The highest BCUT2D eigenvalue weighted by Gasteiger charge is 2.21. The van der Waals surface area contributed by atoms with E-state index in [0.717, 1.165) is 56.5 Å². The van der Waals surface area contributed by atoms with Gasteiger partial charge in [-0.1, -0.05) is 6.07 Å². The van der Waals surface area contributed by atoms with Gasteiger partial charge in [0.1, 0.15) is 18.1 Å². The molecule has 0 amide bonds. The summed E-state index contributed by atoms with van der Waals surface area (Å²) in [5.41, 5.74) is 0. The normalized spacial score (nSPS) is 16.0. The van der Waals surface area contributed by atoms with Crippen LogP contribution in [0.1, 0.15) is 26.7 Å². The number of methoxy groups -OCH3 is 1. The number of nitrogens with zero attached hydrogens (tertiary/aromatic N) is 2. The van der Waals surface area contributed by atoms with Gasteiger partial charge < -0.3 is 24.4 Å². The molecule has 0 unspecified atom stereocenters. The quantitative estimate of drug-likeness (QED) is 0.444. The van der Waals surface area contributed by atoms with Gasteiger partial charge in [-0.2, -0.15) is 0 Å². The molecule has 0 aromatic heterocycles. The molecule has 0 aliphatic carbocycles. The van der Waals surface area contributed by atoms with Gasteiger partial charge in [-0.25, -0.2) is 4.99 Å². The van der Waals surface area contributed by atoms with Crippen molar-refractivity contribution in [2.24, 2.45) is 4.99 Å². The summed E-state index contributed by atoms with van der Waals surface area (Å²) >= 11 is 0. The van der Waals surface area contributed by atoms with E-state index in [4.69, 9.17) is 19.2 Å². The number of guanidine groups is 1. The number of hydrogen-bond donors (Lipinski definition) is 1. The lowest BCUT2D eigenvalue weighted by atomic mass is 10.1. The van der Waals surface area contributed by atoms with Crippen molar-refractivity contribution in [1.29, 1.82) is 0 Å². The average Bonchev–Trinajstić information content (AvgIpc) is 2.65. The van der Waals surface area contributed by atoms with Crippen molar-refractivity contribution >= 4 is 5.96 Å². The third-order valence-corrected chi connectivity index (χ3v) is 4.14. The van der Waals surface area contributed by atoms with Crippen molar-refractivity contribution in [1.82, 2.24) is 10.2 Å². The van der Waals surface area contributed by atoms with Crippen molar-refractivity contribution in [3.05, 3.63) is 24.3 Å². The van der Waals surface area contributed by atoms with Crippen LogP contribution in [-0.2, 0) is 4.74 Å². The van der Waals surface area contributed by atoms with Crippen LogP contribution in [0.15, 0.2) is 29.3 Å². The summed E-state index contributed by atoms with van der Waals surface area (Å²) in [5, 5.41) is 3.38. The van der Waals surface area contributed by atoms with Gasteiger partial charge in [0.15, 0.2) is 5.96 Å². The predicted octanol–water partition coefficient (Wildman–Crippen LogP) is 2.54. The summed E-state index contributed by atoms with van der Waals surface area (Å²) in [5.74, 6) is 2.57. The molecule has 2 rings (SSSR count). The van der Waals surface area contributed by atoms with Crippen LogP contribution in [0.4, 0.5) is 0 Å². The van der Waals surface area contributed by atoms with Crippen molar-refractivity contribution in [2.75, 3.05) is 46.5 Å².